The highest BCUT2D eigenvalue weighted by atomic mass is 127. The molecule has 0 fully saturated rings. The van der Waals surface area contributed by atoms with Crippen molar-refractivity contribution in [3.05, 3.63) is 59.2 Å². The van der Waals surface area contributed by atoms with Crippen molar-refractivity contribution < 1.29 is 13.2 Å². The maximum Gasteiger partial charge on any atom is 0.221 e. The molecule has 2 rings (SSSR count). The van der Waals surface area contributed by atoms with Crippen LogP contribution in [0.2, 0.25) is 0 Å². The Bertz CT molecular complexity index is 990. The number of nitrogens with one attached hydrogen (secondary N) is 3. The van der Waals surface area contributed by atoms with Crippen molar-refractivity contribution in [1.29, 1.82) is 0 Å². The SMILES string of the molecule is CN=C(NCCc1ccc(NC(C)=O)cc1)NCc1ccc(S(C)(=O)=O)c(C)c1.I. The molecule has 9 heteroatoms. The Morgan fingerprint density at radius 3 is 2.20 bits per heavy atom. The predicted octanol–water partition coefficient (Wildman–Crippen LogP) is 2.88. The molecule has 3 N–H and O–H groups in total. The van der Waals surface area contributed by atoms with Crippen LogP contribution in [0.3, 0.4) is 0 Å². The van der Waals surface area contributed by atoms with Gasteiger partial charge in [-0.3, -0.25) is 9.79 Å². The number of benzene rings is 2. The molecule has 0 unspecified atom stereocenters. The number of aliphatic imine (C=N–C) groups is 1. The molecule has 0 atom stereocenters. The summed E-state index contributed by atoms with van der Waals surface area (Å²) in [6.45, 7) is 4.52. The number of amides is 1. The smallest absolute Gasteiger partial charge is 0.221 e. The zero-order chi connectivity index (χ0) is 21.4. The van der Waals surface area contributed by atoms with Crippen LogP contribution in [0.1, 0.15) is 23.6 Å². The van der Waals surface area contributed by atoms with Crippen LogP contribution in [0.5, 0.6) is 0 Å². The minimum absolute atomic E-state index is 0. The topological polar surface area (TPSA) is 99.7 Å². The molecule has 0 bridgehead atoms. The summed E-state index contributed by atoms with van der Waals surface area (Å²) in [5.74, 6) is 0.583. The van der Waals surface area contributed by atoms with Crippen LogP contribution in [-0.2, 0) is 27.6 Å². The largest absolute Gasteiger partial charge is 0.356 e. The van der Waals surface area contributed by atoms with Gasteiger partial charge >= 0.3 is 0 Å². The maximum atomic E-state index is 11.7. The summed E-state index contributed by atoms with van der Waals surface area (Å²) in [6, 6.07) is 13.0. The lowest BCUT2D eigenvalue weighted by Crippen LogP contribution is -2.37. The zero-order valence-corrected chi connectivity index (χ0v) is 20.8. The van der Waals surface area contributed by atoms with Gasteiger partial charge in [0.25, 0.3) is 0 Å². The monoisotopic (exact) mass is 544 g/mol. The van der Waals surface area contributed by atoms with Gasteiger partial charge in [-0.25, -0.2) is 8.42 Å². The molecule has 0 heterocycles. The maximum absolute atomic E-state index is 11.7. The lowest BCUT2D eigenvalue weighted by molar-refractivity contribution is -0.114. The van der Waals surface area contributed by atoms with Crippen LogP contribution in [0.25, 0.3) is 0 Å². The van der Waals surface area contributed by atoms with E-state index in [9.17, 15) is 13.2 Å². The highest BCUT2D eigenvalue weighted by molar-refractivity contribution is 14.0. The molecular weight excluding hydrogens is 515 g/mol. The van der Waals surface area contributed by atoms with E-state index in [0.717, 1.165) is 28.8 Å². The minimum atomic E-state index is -3.21. The Morgan fingerprint density at radius 1 is 1.03 bits per heavy atom. The summed E-state index contributed by atoms with van der Waals surface area (Å²) >= 11 is 0. The van der Waals surface area contributed by atoms with E-state index in [1.807, 2.05) is 30.3 Å². The van der Waals surface area contributed by atoms with Crippen molar-refractivity contribution in [2.75, 3.05) is 25.2 Å². The Morgan fingerprint density at radius 2 is 1.67 bits per heavy atom. The Kier molecular flexibility index (Phi) is 10.3. The van der Waals surface area contributed by atoms with Gasteiger partial charge in [0, 0.05) is 39.0 Å². The van der Waals surface area contributed by atoms with Crippen LogP contribution >= 0.6 is 24.0 Å². The third-order valence-corrected chi connectivity index (χ3v) is 5.56. The number of nitrogens with zero attached hydrogens (tertiary/aromatic N) is 1. The summed E-state index contributed by atoms with van der Waals surface area (Å²) in [5, 5.41) is 9.23. The number of sulfone groups is 1. The van der Waals surface area contributed by atoms with E-state index in [-0.39, 0.29) is 29.9 Å². The number of hydrogen-bond donors (Lipinski definition) is 3. The van der Waals surface area contributed by atoms with E-state index in [0.29, 0.717) is 23.9 Å². The molecule has 164 valence electrons. The number of carbonyl (C=O) groups is 1. The van der Waals surface area contributed by atoms with E-state index < -0.39 is 9.84 Å². The van der Waals surface area contributed by atoms with E-state index in [1.165, 1.54) is 13.2 Å². The van der Waals surface area contributed by atoms with Crippen molar-refractivity contribution in [3.8, 4) is 0 Å². The molecule has 0 saturated heterocycles. The standard InChI is InChI=1S/C21H28N4O3S.HI/c1-15-13-18(7-10-20(15)29(4,27)28)14-24-21(22-3)23-12-11-17-5-8-19(9-6-17)25-16(2)26;/h5-10,13H,11-12,14H2,1-4H3,(H,25,26)(H2,22,23,24);1H. The molecule has 0 spiro atoms. The van der Waals surface area contributed by atoms with Crippen LogP contribution in [-0.4, -0.2) is 40.1 Å². The fourth-order valence-corrected chi connectivity index (χ4v) is 3.89. The van der Waals surface area contributed by atoms with Gasteiger partial charge in [0.2, 0.25) is 5.91 Å². The van der Waals surface area contributed by atoms with E-state index >= 15 is 0 Å². The number of halogens is 1. The van der Waals surface area contributed by atoms with Crippen molar-refractivity contribution in [1.82, 2.24) is 10.6 Å². The third kappa shape index (κ3) is 8.31. The zero-order valence-electron chi connectivity index (χ0n) is 17.7. The number of anilines is 1. The van der Waals surface area contributed by atoms with E-state index in [4.69, 9.17) is 0 Å². The first-order chi connectivity index (χ1) is 13.7. The lowest BCUT2D eigenvalue weighted by atomic mass is 10.1. The predicted molar refractivity (Wildman–Crippen MR) is 132 cm³/mol. The van der Waals surface area contributed by atoms with Crippen LogP contribution < -0.4 is 16.0 Å². The summed E-state index contributed by atoms with van der Waals surface area (Å²) in [4.78, 5) is 15.6. The molecule has 2 aromatic rings. The van der Waals surface area contributed by atoms with Crippen molar-refractivity contribution in [2.24, 2.45) is 4.99 Å². The summed E-state index contributed by atoms with van der Waals surface area (Å²) in [6.07, 6.45) is 2.02. The molecule has 7 nitrogen and oxygen atoms in total. The lowest BCUT2D eigenvalue weighted by Gasteiger charge is -2.13. The third-order valence-electron chi connectivity index (χ3n) is 4.30. The van der Waals surface area contributed by atoms with E-state index in [2.05, 4.69) is 20.9 Å². The first-order valence-electron chi connectivity index (χ1n) is 9.29. The van der Waals surface area contributed by atoms with Crippen LogP contribution in [0.15, 0.2) is 52.4 Å². The molecule has 0 radical (unpaired) electrons. The number of rotatable bonds is 7. The average molecular weight is 544 g/mol. The van der Waals surface area contributed by atoms with Gasteiger partial charge in [-0.05, 0) is 48.2 Å². The Labute approximate surface area is 195 Å². The number of carbonyl (C=O) groups excluding carboxylic acids is 1. The average Bonchev–Trinajstić information content (AvgIpc) is 2.64. The first-order valence-corrected chi connectivity index (χ1v) is 11.2. The highest BCUT2D eigenvalue weighted by Crippen LogP contribution is 2.16. The Balaban J connectivity index is 0.00000450. The fraction of sp³-hybridized carbons (Fsp3) is 0.333. The van der Waals surface area contributed by atoms with Crippen molar-refractivity contribution in [2.45, 2.75) is 31.7 Å². The quantitative estimate of drug-likeness (QED) is 0.283. The highest BCUT2D eigenvalue weighted by Gasteiger charge is 2.11. The number of aryl methyl sites for hydroxylation is 1. The van der Waals surface area contributed by atoms with Crippen molar-refractivity contribution >= 4 is 51.4 Å². The summed E-state index contributed by atoms with van der Waals surface area (Å²) in [5.41, 5.74) is 3.64. The fourth-order valence-electron chi connectivity index (χ4n) is 2.93. The van der Waals surface area contributed by atoms with Crippen molar-refractivity contribution in [3.63, 3.8) is 0 Å². The molecule has 0 aliphatic rings. The van der Waals surface area contributed by atoms with Gasteiger partial charge in [0.15, 0.2) is 15.8 Å². The molecule has 0 saturated carbocycles. The molecule has 2 aromatic carbocycles. The van der Waals surface area contributed by atoms with Crippen LogP contribution in [0.4, 0.5) is 5.69 Å². The minimum Gasteiger partial charge on any atom is -0.356 e. The molecule has 0 aliphatic carbocycles. The molecule has 0 aliphatic heterocycles. The summed E-state index contributed by atoms with van der Waals surface area (Å²) in [7, 11) is -1.51. The number of guanidine groups is 1. The normalized spacial score (nSPS) is 11.4. The second-order valence-corrected chi connectivity index (χ2v) is 8.84. The Hall–Kier alpha value is -2.14. The van der Waals surface area contributed by atoms with E-state index in [1.54, 1.807) is 26.1 Å². The second kappa shape index (κ2) is 11.9. The van der Waals surface area contributed by atoms with Gasteiger partial charge in [0.05, 0.1) is 4.90 Å². The first kappa shape index (κ1) is 25.9. The molecular formula is C21H29IN4O3S. The van der Waals surface area contributed by atoms with Gasteiger partial charge in [-0.15, -0.1) is 24.0 Å². The number of hydrogen-bond acceptors (Lipinski definition) is 4. The summed E-state index contributed by atoms with van der Waals surface area (Å²) < 4.78 is 23.4. The van der Waals surface area contributed by atoms with Gasteiger partial charge in [-0.1, -0.05) is 24.3 Å². The molecule has 30 heavy (non-hydrogen) atoms. The van der Waals surface area contributed by atoms with Gasteiger partial charge in [-0.2, -0.15) is 0 Å². The van der Waals surface area contributed by atoms with Gasteiger partial charge < -0.3 is 16.0 Å². The molecule has 1 amide bonds. The van der Waals surface area contributed by atoms with Gasteiger partial charge in [0.1, 0.15) is 0 Å². The second-order valence-electron chi connectivity index (χ2n) is 6.85. The van der Waals surface area contributed by atoms with Crippen LogP contribution in [0, 0.1) is 6.92 Å². The molecule has 0 aromatic heterocycles.